The van der Waals surface area contributed by atoms with Gasteiger partial charge < -0.3 is 0 Å². The van der Waals surface area contributed by atoms with Crippen molar-refractivity contribution in [3.05, 3.63) is 47.3 Å². The third-order valence-corrected chi connectivity index (χ3v) is 5.81. The largest absolute Gasteiger partial charge is 0.236 e. The number of rotatable bonds is 6. The van der Waals surface area contributed by atoms with E-state index < -0.39 is 0 Å². The summed E-state index contributed by atoms with van der Waals surface area (Å²) in [5.41, 5.74) is 3.88. The van der Waals surface area contributed by atoms with Gasteiger partial charge in [0.25, 0.3) is 0 Å². The summed E-state index contributed by atoms with van der Waals surface area (Å²) in [5.74, 6) is 2.60. The van der Waals surface area contributed by atoms with Crippen LogP contribution in [0.4, 0.5) is 0 Å². The van der Waals surface area contributed by atoms with E-state index in [1.165, 1.54) is 50.5 Å². The Morgan fingerprint density at radius 1 is 1.04 bits per heavy atom. The third kappa shape index (κ3) is 4.69. The van der Waals surface area contributed by atoms with Crippen molar-refractivity contribution in [2.75, 3.05) is 0 Å². The van der Waals surface area contributed by atoms with Crippen LogP contribution in [-0.2, 0) is 6.42 Å². The van der Waals surface area contributed by atoms with Crippen molar-refractivity contribution in [2.45, 2.75) is 65.2 Å². The van der Waals surface area contributed by atoms with Crippen molar-refractivity contribution in [3.8, 4) is 17.5 Å². The molecule has 1 aromatic heterocycles. The molecule has 0 bridgehead atoms. The molecule has 0 spiro atoms. The average molecular weight is 348 g/mol. The van der Waals surface area contributed by atoms with Gasteiger partial charge in [-0.05, 0) is 60.9 Å². The number of aromatic nitrogens is 2. The highest BCUT2D eigenvalue weighted by molar-refractivity contribution is 5.58. The SMILES string of the molecule is CCC[C@H]1CC[C@H](CCc2cnc(-c3ccc(C#N)c(C)c3)nc2)CC1. The summed E-state index contributed by atoms with van der Waals surface area (Å²) in [7, 11) is 0. The van der Waals surface area contributed by atoms with E-state index >= 15 is 0 Å². The van der Waals surface area contributed by atoms with E-state index in [0.29, 0.717) is 5.56 Å². The Morgan fingerprint density at radius 2 is 1.69 bits per heavy atom. The minimum absolute atomic E-state index is 0.707. The molecule has 0 radical (unpaired) electrons. The maximum atomic E-state index is 9.04. The number of nitrogens with zero attached hydrogens (tertiary/aromatic N) is 3. The summed E-state index contributed by atoms with van der Waals surface area (Å²) in [6, 6.07) is 7.96. The molecule has 0 N–H and O–H groups in total. The Labute approximate surface area is 157 Å². The molecule has 0 atom stereocenters. The van der Waals surface area contributed by atoms with Crippen LogP contribution in [0.15, 0.2) is 30.6 Å². The van der Waals surface area contributed by atoms with Gasteiger partial charge in [-0.25, -0.2) is 9.97 Å². The third-order valence-electron chi connectivity index (χ3n) is 5.81. The zero-order valence-electron chi connectivity index (χ0n) is 16.0. The molecule has 3 heteroatoms. The van der Waals surface area contributed by atoms with Gasteiger partial charge in [0.1, 0.15) is 0 Å². The summed E-state index contributed by atoms with van der Waals surface area (Å²) in [4.78, 5) is 9.10. The van der Waals surface area contributed by atoms with Gasteiger partial charge in [-0.2, -0.15) is 5.26 Å². The van der Waals surface area contributed by atoms with Crippen molar-refractivity contribution in [2.24, 2.45) is 11.8 Å². The molecule has 0 saturated heterocycles. The monoisotopic (exact) mass is 347 g/mol. The first kappa shape index (κ1) is 18.6. The first-order valence-electron chi connectivity index (χ1n) is 10.0. The number of benzene rings is 1. The van der Waals surface area contributed by atoms with Crippen LogP contribution < -0.4 is 0 Å². The fraction of sp³-hybridized carbons (Fsp3) is 0.522. The minimum Gasteiger partial charge on any atom is -0.236 e. The van der Waals surface area contributed by atoms with Crippen molar-refractivity contribution in [1.29, 1.82) is 5.26 Å². The van der Waals surface area contributed by atoms with Gasteiger partial charge in [-0.3, -0.25) is 0 Å². The molecular formula is C23H29N3. The maximum Gasteiger partial charge on any atom is 0.159 e. The Kier molecular flexibility index (Phi) is 6.39. The Morgan fingerprint density at radius 3 is 2.27 bits per heavy atom. The van der Waals surface area contributed by atoms with E-state index in [2.05, 4.69) is 23.0 Å². The van der Waals surface area contributed by atoms with E-state index in [1.54, 1.807) is 0 Å². The smallest absolute Gasteiger partial charge is 0.159 e. The number of hydrogen-bond acceptors (Lipinski definition) is 3. The maximum absolute atomic E-state index is 9.04. The van der Waals surface area contributed by atoms with Crippen LogP contribution in [0, 0.1) is 30.1 Å². The van der Waals surface area contributed by atoms with Crippen LogP contribution in [0.25, 0.3) is 11.4 Å². The topological polar surface area (TPSA) is 49.6 Å². The molecule has 3 nitrogen and oxygen atoms in total. The molecular weight excluding hydrogens is 318 g/mol. The van der Waals surface area contributed by atoms with Crippen molar-refractivity contribution >= 4 is 0 Å². The zero-order chi connectivity index (χ0) is 18.4. The van der Waals surface area contributed by atoms with Gasteiger partial charge in [-0.1, -0.05) is 45.4 Å². The van der Waals surface area contributed by atoms with Crippen LogP contribution >= 0.6 is 0 Å². The minimum atomic E-state index is 0.707. The molecule has 1 aromatic carbocycles. The molecule has 2 aromatic rings. The Balaban J connectivity index is 1.54. The van der Waals surface area contributed by atoms with Crippen LogP contribution in [-0.4, -0.2) is 9.97 Å². The number of hydrogen-bond donors (Lipinski definition) is 0. The van der Waals surface area contributed by atoms with Crippen molar-refractivity contribution in [3.63, 3.8) is 0 Å². The lowest BCUT2D eigenvalue weighted by atomic mass is 9.78. The average Bonchev–Trinajstić information content (AvgIpc) is 2.68. The lowest BCUT2D eigenvalue weighted by molar-refractivity contribution is 0.252. The summed E-state index contributed by atoms with van der Waals surface area (Å²) in [6.07, 6.45) is 14.7. The first-order valence-corrected chi connectivity index (χ1v) is 10.0. The van der Waals surface area contributed by atoms with Crippen molar-refractivity contribution < 1.29 is 0 Å². The quantitative estimate of drug-likeness (QED) is 0.657. The summed E-state index contributed by atoms with van der Waals surface area (Å²) >= 11 is 0. The van der Waals surface area contributed by atoms with Crippen LogP contribution in [0.1, 0.15) is 68.6 Å². The molecule has 3 rings (SSSR count). The fourth-order valence-corrected chi connectivity index (χ4v) is 4.15. The predicted octanol–water partition coefficient (Wildman–Crippen LogP) is 5.86. The summed E-state index contributed by atoms with van der Waals surface area (Å²) in [6.45, 7) is 4.25. The molecule has 1 heterocycles. The Hall–Kier alpha value is -2.21. The molecule has 26 heavy (non-hydrogen) atoms. The second-order valence-electron chi connectivity index (χ2n) is 7.77. The van der Waals surface area contributed by atoms with Crippen LogP contribution in [0.3, 0.4) is 0 Å². The molecule has 0 unspecified atom stereocenters. The van der Waals surface area contributed by atoms with Gasteiger partial charge in [-0.15, -0.1) is 0 Å². The second-order valence-corrected chi connectivity index (χ2v) is 7.77. The highest BCUT2D eigenvalue weighted by Crippen LogP contribution is 2.33. The van der Waals surface area contributed by atoms with E-state index in [-0.39, 0.29) is 0 Å². The molecule has 0 aliphatic heterocycles. The van der Waals surface area contributed by atoms with Gasteiger partial charge in [0, 0.05) is 18.0 Å². The molecule has 1 aliphatic carbocycles. The van der Waals surface area contributed by atoms with E-state index in [9.17, 15) is 0 Å². The normalized spacial score (nSPS) is 19.9. The number of nitriles is 1. The fourth-order valence-electron chi connectivity index (χ4n) is 4.15. The predicted molar refractivity (Wildman–Crippen MR) is 106 cm³/mol. The second kappa shape index (κ2) is 8.94. The summed E-state index contributed by atoms with van der Waals surface area (Å²) < 4.78 is 0. The van der Waals surface area contributed by atoms with Crippen molar-refractivity contribution in [1.82, 2.24) is 9.97 Å². The van der Waals surface area contributed by atoms with Crippen LogP contribution in [0.5, 0.6) is 0 Å². The van der Waals surface area contributed by atoms with E-state index in [1.807, 2.05) is 37.5 Å². The first-order chi connectivity index (χ1) is 12.7. The van der Waals surface area contributed by atoms with E-state index in [4.69, 9.17) is 5.26 Å². The van der Waals surface area contributed by atoms with Gasteiger partial charge in [0.05, 0.1) is 11.6 Å². The van der Waals surface area contributed by atoms with E-state index in [0.717, 1.165) is 35.2 Å². The molecule has 1 saturated carbocycles. The zero-order valence-corrected chi connectivity index (χ0v) is 16.0. The lowest BCUT2D eigenvalue weighted by Crippen LogP contribution is -2.15. The standard InChI is InChI=1S/C23H29N3/c1-3-4-18-5-7-19(8-6-18)9-10-20-15-25-23(26-16-20)21-11-12-22(14-24)17(2)13-21/h11-13,15-16,18-19H,3-10H2,1-2H3/t18-,19-. The van der Waals surface area contributed by atoms with Gasteiger partial charge in [0.2, 0.25) is 0 Å². The van der Waals surface area contributed by atoms with Crippen LogP contribution in [0.2, 0.25) is 0 Å². The van der Waals surface area contributed by atoms with Gasteiger partial charge in [0.15, 0.2) is 5.82 Å². The highest BCUT2D eigenvalue weighted by Gasteiger charge is 2.20. The Bertz CT molecular complexity index is 750. The molecule has 1 fully saturated rings. The van der Waals surface area contributed by atoms with Gasteiger partial charge >= 0.3 is 0 Å². The molecule has 136 valence electrons. The highest BCUT2D eigenvalue weighted by atomic mass is 14.9. The molecule has 0 amide bonds. The summed E-state index contributed by atoms with van der Waals surface area (Å²) in [5, 5.41) is 9.04. The lowest BCUT2D eigenvalue weighted by Gasteiger charge is -2.28. The molecule has 1 aliphatic rings. The number of aryl methyl sites for hydroxylation is 2.